The second-order valence-corrected chi connectivity index (χ2v) is 4.73. The van der Waals surface area contributed by atoms with E-state index in [0.29, 0.717) is 6.54 Å². The number of anilines is 1. The van der Waals surface area contributed by atoms with Crippen LogP contribution in [0.1, 0.15) is 22.3 Å². The molecule has 0 aliphatic heterocycles. The summed E-state index contributed by atoms with van der Waals surface area (Å²) in [6, 6.07) is 11.2. The van der Waals surface area contributed by atoms with Crippen LogP contribution >= 0.6 is 0 Å². The summed E-state index contributed by atoms with van der Waals surface area (Å²) >= 11 is 0. The van der Waals surface area contributed by atoms with Crippen molar-refractivity contribution in [3.05, 3.63) is 64.5 Å². The molecule has 2 heteroatoms. The summed E-state index contributed by atoms with van der Waals surface area (Å²) in [5.74, 6) is -0.205. The van der Waals surface area contributed by atoms with Gasteiger partial charge < -0.3 is 5.32 Å². The summed E-state index contributed by atoms with van der Waals surface area (Å²) in [6.07, 6.45) is 0. The first kappa shape index (κ1) is 12.6. The summed E-state index contributed by atoms with van der Waals surface area (Å²) in [5, 5.41) is 3.28. The Morgan fingerprint density at radius 3 is 2.33 bits per heavy atom. The standard InChI is InChI=1S/C16H18FN/c1-11-4-6-14(8-13(11)3)10-18-16-9-15(17)7-5-12(16)2/h4-9,18H,10H2,1-3H3. The molecule has 0 spiro atoms. The van der Waals surface area contributed by atoms with Crippen LogP contribution in [0.25, 0.3) is 0 Å². The van der Waals surface area contributed by atoms with Crippen LogP contribution in [0.2, 0.25) is 0 Å². The van der Waals surface area contributed by atoms with Gasteiger partial charge in [-0.15, -0.1) is 0 Å². The van der Waals surface area contributed by atoms with E-state index in [-0.39, 0.29) is 5.82 Å². The van der Waals surface area contributed by atoms with Crippen molar-refractivity contribution in [1.82, 2.24) is 0 Å². The topological polar surface area (TPSA) is 12.0 Å². The molecule has 2 aromatic rings. The SMILES string of the molecule is Cc1ccc(CNc2cc(F)ccc2C)cc1C. The molecule has 0 aliphatic carbocycles. The molecule has 18 heavy (non-hydrogen) atoms. The molecule has 0 aliphatic rings. The molecule has 0 saturated carbocycles. The highest BCUT2D eigenvalue weighted by Gasteiger charge is 2.01. The number of nitrogens with one attached hydrogen (secondary N) is 1. The van der Waals surface area contributed by atoms with E-state index in [1.165, 1.54) is 28.8 Å². The second kappa shape index (κ2) is 5.21. The fourth-order valence-electron chi connectivity index (χ4n) is 1.90. The van der Waals surface area contributed by atoms with Gasteiger partial charge in [0.1, 0.15) is 5.82 Å². The fraction of sp³-hybridized carbons (Fsp3) is 0.250. The summed E-state index contributed by atoms with van der Waals surface area (Å²) in [5.41, 5.74) is 5.70. The summed E-state index contributed by atoms with van der Waals surface area (Å²) < 4.78 is 13.1. The van der Waals surface area contributed by atoms with Crippen molar-refractivity contribution in [2.24, 2.45) is 0 Å². The molecule has 0 aromatic heterocycles. The van der Waals surface area contributed by atoms with Gasteiger partial charge in [0.2, 0.25) is 0 Å². The largest absolute Gasteiger partial charge is 0.381 e. The lowest BCUT2D eigenvalue weighted by atomic mass is 10.1. The Hall–Kier alpha value is -1.83. The van der Waals surface area contributed by atoms with E-state index in [2.05, 4.69) is 37.4 Å². The molecule has 0 heterocycles. The van der Waals surface area contributed by atoms with Gasteiger partial charge in [0.05, 0.1) is 0 Å². The minimum absolute atomic E-state index is 0.205. The second-order valence-electron chi connectivity index (χ2n) is 4.73. The summed E-state index contributed by atoms with van der Waals surface area (Å²) in [7, 11) is 0. The normalized spacial score (nSPS) is 10.4. The third-order valence-corrected chi connectivity index (χ3v) is 3.25. The third-order valence-electron chi connectivity index (χ3n) is 3.25. The third kappa shape index (κ3) is 2.89. The monoisotopic (exact) mass is 243 g/mol. The van der Waals surface area contributed by atoms with Gasteiger partial charge in [-0.3, -0.25) is 0 Å². The Morgan fingerprint density at radius 2 is 1.61 bits per heavy atom. The summed E-state index contributed by atoms with van der Waals surface area (Å²) in [4.78, 5) is 0. The van der Waals surface area contributed by atoms with E-state index in [0.717, 1.165) is 11.3 Å². The van der Waals surface area contributed by atoms with Crippen molar-refractivity contribution in [2.45, 2.75) is 27.3 Å². The van der Waals surface area contributed by atoms with Crippen molar-refractivity contribution in [1.29, 1.82) is 0 Å². The average Bonchev–Trinajstić information content (AvgIpc) is 2.34. The smallest absolute Gasteiger partial charge is 0.125 e. The Morgan fingerprint density at radius 1 is 0.889 bits per heavy atom. The van der Waals surface area contributed by atoms with E-state index in [9.17, 15) is 4.39 Å². The molecule has 1 nitrogen and oxygen atoms in total. The van der Waals surface area contributed by atoms with Crippen molar-refractivity contribution in [2.75, 3.05) is 5.32 Å². The number of benzene rings is 2. The molecule has 94 valence electrons. The van der Waals surface area contributed by atoms with Crippen LogP contribution in [0.4, 0.5) is 10.1 Å². The quantitative estimate of drug-likeness (QED) is 0.844. The molecule has 0 saturated heterocycles. The highest BCUT2D eigenvalue weighted by Crippen LogP contribution is 2.17. The molecule has 0 radical (unpaired) electrons. The van der Waals surface area contributed by atoms with Crippen molar-refractivity contribution < 1.29 is 4.39 Å². The van der Waals surface area contributed by atoms with Gasteiger partial charge in [-0.05, 0) is 55.2 Å². The van der Waals surface area contributed by atoms with Crippen molar-refractivity contribution in [3.63, 3.8) is 0 Å². The Balaban J connectivity index is 2.11. The first-order valence-electron chi connectivity index (χ1n) is 6.12. The van der Waals surface area contributed by atoms with Gasteiger partial charge >= 0.3 is 0 Å². The van der Waals surface area contributed by atoms with Crippen LogP contribution in [0.5, 0.6) is 0 Å². The molecule has 0 bridgehead atoms. The zero-order chi connectivity index (χ0) is 13.1. The predicted octanol–water partition coefficient (Wildman–Crippen LogP) is 4.36. The van der Waals surface area contributed by atoms with Crippen LogP contribution in [-0.2, 0) is 6.54 Å². The van der Waals surface area contributed by atoms with E-state index < -0.39 is 0 Å². The number of hydrogen-bond acceptors (Lipinski definition) is 1. The van der Waals surface area contributed by atoms with Crippen LogP contribution in [0.3, 0.4) is 0 Å². The lowest BCUT2D eigenvalue weighted by Gasteiger charge is -2.11. The number of hydrogen-bond donors (Lipinski definition) is 1. The predicted molar refractivity (Wildman–Crippen MR) is 74.4 cm³/mol. The number of rotatable bonds is 3. The van der Waals surface area contributed by atoms with Crippen molar-refractivity contribution in [3.8, 4) is 0 Å². The van der Waals surface area contributed by atoms with E-state index in [1.807, 2.05) is 6.92 Å². The number of halogens is 1. The molecular formula is C16H18FN. The maximum atomic E-state index is 13.1. The molecule has 0 unspecified atom stereocenters. The fourth-order valence-corrected chi connectivity index (χ4v) is 1.90. The Bertz CT molecular complexity index is 561. The zero-order valence-electron chi connectivity index (χ0n) is 11.0. The van der Waals surface area contributed by atoms with Crippen LogP contribution in [0.15, 0.2) is 36.4 Å². The van der Waals surface area contributed by atoms with E-state index in [1.54, 1.807) is 6.07 Å². The Kier molecular flexibility index (Phi) is 3.66. The lowest BCUT2D eigenvalue weighted by Crippen LogP contribution is -2.02. The summed E-state index contributed by atoms with van der Waals surface area (Å²) in [6.45, 7) is 6.89. The molecule has 2 rings (SSSR count). The van der Waals surface area contributed by atoms with Gasteiger partial charge in [0, 0.05) is 12.2 Å². The van der Waals surface area contributed by atoms with E-state index in [4.69, 9.17) is 0 Å². The maximum absolute atomic E-state index is 13.1. The van der Waals surface area contributed by atoms with Gasteiger partial charge in [0.15, 0.2) is 0 Å². The zero-order valence-corrected chi connectivity index (χ0v) is 11.0. The molecule has 0 amide bonds. The highest BCUT2D eigenvalue weighted by atomic mass is 19.1. The molecule has 1 N–H and O–H groups in total. The number of aryl methyl sites for hydroxylation is 3. The first-order chi connectivity index (χ1) is 8.56. The van der Waals surface area contributed by atoms with Crippen LogP contribution < -0.4 is 5.32 Å². The minimum atomic E-state index is -0.205. The van der Waals surface area contributed by atoms with Gasteiger partial charge in [-0.2, -0.15) is 0 Å². The Labute approximate surface area is 108 Å². The van der Waals surface area contributed by atoms with Crippen molar-refractivity contribution >= 4 is 5.69 Å². The van der Waals surface area contributed by atoms with Gasteiger partial charge in [-0.25, -0.2) is 4.39 Å². The van der Waals surface area contributed by atoms with Crippen LogP contribution in [0, 0.1) is 26.6 Å². The maximum Gasteiger partial charge on any atom is 0.125 e. The van der Waals surface area contributed by atoms with Gasteiger partial charge in [0.25, 0.3) is 0 Å². The first-order valence-corrected chi connectivity index (χ1v) is 6.12. The molecular weight excluding hydrogens is 225 g/mol. The molecule has 0 fully saturated rings. The minimum Gasteiger partial charge on any atom is -0.381 e. The lowest BCUT2D eigenvalue weighted by molar-refractivity contribution is 0.628. The average molecular weight is 243 g/mol. The highest BCUT2D eigenvalue weighted by molar-refractivity contribution is 5.51. The van der Waals surface area contributed by atoms with Crippen LogP contribution in [-0.4, -0.2) is 0 Å². The van der Waals surface area contributed by atoms with Gasteiger partial charge in [-0.1, -0.05) is 24.3 Å². The van der Waals surface area contributed by atoms with E-state index >= 15 is 0 Å². The molecule has 0 atom stereocenters. The molecule has 2 aromatic carbocycles.